The lowest BCUT2D eigenvalue weighted by Gasteiger charge is -2.52. The van der Waals surface area contributed by atoms with Crippen LogP contribution in [0.25, 0.3) is 11.0 Å². The standard InChI is InChI=1S/C43H52N4O7S2/c1-5-25(2)39(50)54-41(3)11-8-26-23-55-56-24-33-30(20-45-4)22-47(33)37(49)16-29-21-46-36(44)17-31(29)38(26)43(41)19-28-14-27-15-32(42(12-13-48)9-6-7-10-42)40(51)52-34(27)18-35(28)53-43/h5,8,14-15,17-18,21,30,33,38,45,48H,6-7,9-13,16,19-20,22-24H2,1-4H3,(H2,44,46)/b25-5+/t30-,33+,38-,41+,43+/m0/s1. The molecule has 0 unspecified atom stereocenters. The molecule has 1 amide bonds. The molecule has 2 aromatic heterocycles. The number of carbonyl (C=O) groups is 2. The second-order valence-electron chi connectivity index (χ2n) is 16.5. The Morgan fingerprint density at radius 3 is 2.73 bits per heavy atom. The van der Waals surface area contributed by atoms with Gasteiger partial charge in [0.1, 0.15) is 17.2 Å². The first-order valence-electron chi connectivity index (χ1n) is 19.8. The zero-order valence-electron chi connectivity index (χ0n) is 32.7. The Balaban J connectivity index is 1.27. The number of ether oxygens (including phenoxy) is 2. The summed E-state index contributed by atoms with van der Waals surface area (Å²) < 4.78 is 20.0. The van der Waals surface area contributed by atoms with E-state index in [1.54, 1.807) is 46.9 Å². The van der Waals surface area contributed by atoms with Gasteiger partial charge in [0.15, 0.2) is 11.2 Å². The van der Waals surface area contributed by atoms with Crippen LogP contribution in [0.5, 0.6) is 5.75 Å². The molecule has 4 N–H and O–H groups in total. The van der Waals surface area contributed by atoms with E-state index in [1.807, 2.05) is 44.0 Å². The highest BCUT2D eigenvalue weighted by Gasteiger charge is 2.64. The van der Waals surface area contributed by atoms with Crippen molar-refractivity contribution in [1.82, 2.24) is 15.2 Å². The van der Waals surface area contributed by atoms with Crippen molar-refractivity contribution >= 4 is 50.3 Å². The van der Waals surface area contributed by atoms with Crippen LogP contribution in [0.2, 0.25) is 0 Å². The first kappa shape index (κ1) is 39.1. The molecule has 5 atom stereocenters. The number of pyridine rings is 1. The molecule has 3 aromatic rings. The fourth-order valence-corrected chi connectivity index (χ4v) is 12.6. The number of aliphatic hydroxyl groups excluding tert-OH is 1. The van der Waals surface area contributed by atoms with Crippen LogP contribution in [0.1, 0.15) is 87.5 Å². The SMILES string of the molecule is C/C=C(\C)C(=O)O[C@]1(C)CC=C2CSSC[C@@H]3[C@@H](CNC)CN3C(=O)Cc3cnc(N)cc3[C@H]2[C@]12Cc1cc3cc(C4(CCO)CCCC4)c(=O)oc3cc1O2. The third-order valence-electron chi connectivity index (χ3n) is 13.3. The predicted molar refractivity (Wildman–Crippen MR) is 221 cm³/mol. The lowest BCUT2D eigenvalue weighted by Crippen LogP contribution is -2.64. The van der Waals surface area contributed by atoms with Gasteiger partial charge in [0.25, 0.3) is 0 Å². The quantitative estimate of drug-likeness (QED) is 0.0843. The number of hydrogen-bond donors (Lipinski definition) is 3. The van der Waals surface area contributed by atoms with Crippen LogP contribution in [-0.4, -0.2) is 82.4 Å². The van der Waals surface area contributed by atoms with Crippen LogP contribution in [0.4, 0.5) is 5.82 Å². The number of nitrogen functional groups attached to an aromatic ring is 1. The number of aromatic nitrogens is 1. The molecule has 8 rings (SSSR count). The van der Waals surface area contributed by atoms with Crippen molar-refractivity contribution in [3.8, 4) is 5.75 Å². The number of nitrogens with two attached hydrogens (primary N) is 1. The molecular weight excluding hydrogens is 749 g/mol. The molecule has 1 saturated carbocycles. The van der Waals surface area contributed by atoms with Gasteiger partial charge in [-0.1, -0.05) is 52.2 Å². The number of carbonyl (C=O) groups excluding carboxylic acids is 2. The second-order valence-corrected chi connectivity index (χ2v) is 19.1. The number of rotatable bonds is 7. The van der Waals surface area contributed by atoms with E-state index in [0.29, 0.717) is 65.8 Å². The number of esters is 1. The summed E-state index contributed by atoms with van der Waals surface area (Å²) in [6.07, 6.45) is 10.8. The highest BCUT2D eigenvalue weighted by Crippen LogP contribution is 2.58. The third kappa shape index (κ3) is 6.56. The van der Waals surface area contributed by atoms with E-state index in [-0.39, 0.29) is 30.6 Å². The van der Waals surface area contributed by atoms with Gasteiger partial charge in [-0.05, 0) is 82.0 Å². The number of benzene rings is 1. The molecule has 298 valence electrons. The third-order valence-corrected chi connectivity index (χ3v) is 15.7. The molecule has 56 heavy (non-hydrogen) atoms. The molecule has 0 radical (unpaired) electrons. The summed E-state index contributed by atoms with van der Waals surface area (Å²) in [6, 6.07) is 7.81. The molecule has 5 aliphatic rings. The average molecular weight is 801 g/mol. The molecule has 13 heteroatoms. The molecule has 2 aliphatic carbocycles. The van der Waals surface area contributed by atoms with Gasteiger partial charge in [-0.15, -0.1) is 0 Å². The lowest BCUT2D eigenvalue weighted by molar-refractivity contribution is -0.183. The van der Waals surface area contributed by atoms with Crippen LogP contribution < -0.4 is 21.4 Å². The maximum Gasteiger partial charge on any atom is 0.340 e. The van der Waals surface area contributed by atoms with Crippen LogP contribution in [0, 0.1) is 5.92 Å². The fourth-order valence-electron chi connectivity index (χ4n) is 10.1. The van der Waals surface area contributed by atoms with Crippen molar-refractivity contribution in [2.24, 2.45) is 5.92 Å². The summed E-state index contributed by atoms with van der Waals surface area (Å²) in [4.78, 5) is 48.1. The van der Waals surface area contributed by atoms with E-state index < -0.39 is 28.5 Å². The van der Waals surface area contributed by atoms with Gasteiger partial charge in [-0.2, -0.15) is 0 Å². The fraction of sp³-hybridized carbons (Fsp3) is 0.535. The highest BCUT2D eigenvalue weighted by molar-refractivity contribution is 8.76. The first-order valence-corrected chi connectivity index (χ1v) is 22.3. The number of amides is 1. The lowest BCUT2D eigenvalue weighted by atomic mass is 9.61. The van der Waals surface area contributed by atoms with E-state index >= 15 is 0 Å². The monoisotopic (exact) mass is 800 g/mol. The Labute approximate surface area is 335 Å². The highest BCUT2D eigenvalue weighted by atomic mass is 33.1. The van der Waals surface area contributed by atoms with E-state index in [9.17, 15) is 19.5 Å². The van der Waals surface area contributed by atoms with Gasteiger partial charge in [0.05, 0.1) is 12.3 Å². The molecule has 2 fully saturated rings. The Kier molecular flexibility index (Phi) is 10.6. The minimum absolute atomic E-state index is 0.00136. The van der Waals surface area contributed by atoms with E-state index in [2.05, 4.69) is 16.4 Å². The summed E-state index contributed by atoms with van der Waals surface area (Å²) in [7, 11) is 5.50. The Bertz CT molecular complexity index is 2180. The molecule has 1 spiro atoms. The number of hydrogen-bond acceptors (Lipinski definition) is 12. The van der Waals surface area contributed by atoms with Gasteiger partial charge >= 0.3 is 11.6 Å². The van der Waals surface area contributed by atoms with Crippen LogP contribution in [0.3, 0.4) is 0 Å². The number of fused-ring (bicyclic) bond motifs is 7. The number of allylic oxidation sites excluding steroid dienone is 1. The Hall–Kier alpha value is -3.78. The first-order chi connectivity index (χ1) is 26.9. The summed E-state index contributed by atoms with van der Waals surface area (Å²) in [5.41, 5.74) is 8.45. The van der Waals surface area contributed by atoms with Gasteiger partial charge in [0, 0.05) is 90.2 Å². The number of anilines is 1. The molecule has 0 bridgehead atoms. The maximum atomic E-state index is 14.1. The van der Waals surface area contributed by atoms with Crippen molar-refractivity contribution in [3.05, 3.63) is 86.4 Å². The largest absolute Gasteiger partial charge is 0.481 e. The maximum absolute atomic E-state index is 14.1. The molecule has 1 saturated heterocycles. The molecule has 11 nitrogen and oxygen atoms in total. The molecule has 3 aliphatic heterocycles. The summed E-state index contributed by atoms with van der Waals surface area (Å²) in [5, 5.41) is 14.1. The van der Waals surface area contributed by atoms with Crippen molar-refractivity contribution in [1.29, 1.82) is 0 Å². The van der Waals surface area contributed by atoms with Gasteiger partial charge < -0.3 is 34.9 Å². The van der Waals surface area contributed by atoms with Crippen molar-refractivity contribution < 1.29 is 28.6 Å². The van der Waals surface area contributed by atoms with E-state index in [4.69, 9.17) is 19.6 Å². The number of nitrogens with one attached hydrogen (secondary N) is 1. The van der Waals surface area contributed by atoms with Crippen molar-refractivity contribution in [3.63, 3.8) is 0 Å². The minimum atomic E-state index is -1.18. The van der Waals surface area contributed by atoms with Crippen molar-refractivity contribution in [2.45, 2.75) is 101 Å². The van der Waals surface area contributed by atoms with Crippen LogP contribution in [-0.2, 0) is 32.6 Å². The average Bonchev–Trinajstić information content (AvgIpc) is 3.79. The summed E-state index contributed by atoms with van der Waals surface area (Å²) in [5.74, 6) is 1.91. The van der Waals surface area contributed by atoms with Gasteiger partial charge in [-0.3, -0.25) is 4.79 Å². The Morgan fingerprint density at radius 1 is 1.18 bits per heavy atom. The topological polar surface area (TPSA) is 157 Å². The zero-order chi connectivity index (χ0) is 39.4. The van der Waals surface area contributed by atoms with Crippen LogP contribution >= 0.6 is 21.6 Å². The zero-order valence-corrected chi connectivity index (χ0v) is 34.3. The Morgan fingerprint density at radius 2 is 1.98 bits per heavy atom. The minimum Gasteiger partial charge on any atom is -0.481 e. The van der Waals surface area contributed by atoms with Gasteiger partial charge in [-0.25, -0.2) is 14.6 Å². The summed E-state index contributed by atoms with van der Waals surface area (Å²) >= 11 is 0. The normalized spacial score (nSPS) is 28.6. The molecule has 5 heterocycles. The van der Waals surface area contributed by atoms with Crippen molar-refractivity contribution in [2.75, 3.05) is 44.0 Å². The smallest absolute Gasteiger partial charge is 0.340 e. The van der Waals surface area contributed by atoms with Gasteiger partial charge in [0.2, 0.25) is 5.91 Å². The predicted octanol–water partition coefficient (Wildman–Crippen LogP) is 6.00. The number of aliphatic hydroxyl groups is 1. The molecular formula is C43H52N4O7S2. The second kappa shape index (κ2) is 15.2. The molecule has 1 aromatic carbocycles. The van der Waals surface area contributed by atoms with E-state index in [1.165, 1.54) is 0 Å². The summed E-state index contributed by atoms with van der Waals surface area (Å²) in [6.45, 7) is 7.06. The van der Waals surface area contributed by atoms with Crippen LogP contribution in [0.15, 0.2) is 63.0 Å². The van der Waals surface area contributed by atoms with E-state index in [0.717, 1.165) is 65.6 Å². The number of nitrogens with zero attached hydrogens (tertiary/aromatic N) is 2.